The molecule has 192 valence electrons. The van der Waals surface area contributed by atoms with Gasteiger partial charge in [-0.05, 0) is 44.5 Å². The van der Waals surface area contributed by atoms with E-state index >= 15 is 0 Å². The van der Waals surface area contributed by atoms with E-state index in [0.717, 1.165) is 71.4 Å². The van der Waals surface area contributed by atoms with Crippen LogP contribution in [0.1, 0.15) is 27.5 Å². The van der Waals surface area contributed by atoms with Crippen LogP contribution in [0.5, 0.6) is 0 Å². The first-order valence-corrected chi connectivity index (χ1v) is 14.1. The van der Waals surface area contributed by atoms with Gasteiger partial charge in [-0.2, -0.15) is 0 Å². The first-order chi connectivity index (χ1) is 18.1. The number of anilines is 3. The average Bonchev–Trinajstić information content (AvgIpc) is 3.52. The van der Waals surface area contributed by atoms with E-state index in [1.165, 1.54) is 11.3 Å². The molecule has 1 fully saturated rings. The van der Waals surface area contributed by atoms with Crippen LogP contribution in [-0.4, -0.2) is 65.2 Å². The molecule has 0 unspecified atom stereocenters. The lowest BCUT2D eigenvalue weighted by atomic mass is 10.2. The summed E-state index contributed by atoms with van der Waals surface area (Å²) in [4.78, 5) is 32.5. The maximum Gasteiger partial charge on any atom is 0.259 e. The highest BCUT2D eigenvalue weighted by Crippen LogP contribution is 2.32. The number of morpholine rings is 1. The van der Waals surface area contributed by atoms with Gasteiger partial charge >= 0.3 is 0 Å². The second-order valence-corrected chi connectivity index (χ2v) is 10.9. The molecule has 0 saturated carbocycles. The summed E-state index contributed by atoms with van der Waals surface area (Å²) in [6, 6.07) is 13.5. The summed E-state index contributed by atoms with van der Waals surface area (Å²) >= 11 is 3.17. The van der Waals surface area contributed by atoms with Crippen LogP contribution in [0.4, 0.5) is 16.6 Å². The number of carbonyl (C=O) groups is 1. The van der Waals surface area contributed by atoms with Crippen molar-refractivity contribution in [2.75, 3.05) is 49.6 Å². The monoisotopic (exact) mass is 534 g/mol. The summed E-state index contributed by atoms with van der Waals surface area (Å²) in [7, 11) is 0. The second kappa shape index (κ2) is 11.9. The molecular formula is C27H30N6O2S2. The zero-order valence-corrected chi connectivity index (χ0v) is 22.6. The molecule has 5 rings (SSSR count). The summed E-state index contributed by atoms with van der Waals surface area (Å²) < 4.78 is 5.44. The van der Waals surface area contributed by atoms with Crippen molar-refractivity contribution in [3.8, 4) is 10.6 Å². The Kier molecular flexibility index (Phi) is 8.20. The molecule has 0 radical (unpaired) electrons. The van der Waals surface area contributed by atoms with Gasteiger partial charge in [-0.1, -0.05) is 18.2 Å². The summed E-state index contributed by atoms with van der Waals surface area (Å²) in [6.07, 6.45) is 2.52. The van der Waals surface area contributed by atoms with E-state index in [1.807, 2.05) is 66.6 Å². The van der Waals surface area contributed by atoms with Crippen molar-refractivity contribution < 1.29 is 9.53 Å². The normalized spacial score (nSPS) is 14.0. The Morgan fingerprint density at radius 1 is 1.11 bits per heavy atom. The summed E-state index contributed by atoms with van der Waals surface area (Å²) in [5, 5.41) is 7.06. The zero-order chi connectivity index (χ0) is 25.6. The van der Waals surface area contributed by atoms with Crippen LogP contribution in [0.25, 0.3) is 10.6 Å². The molecule has 1 saturated heterocycles. The number of amides is 1. The Bertz CT molecular complexity index is 1320. The standard InChI is InChI=1S/C27H30N6O2S2/c1-19-25(37-20(2)29-19)23-18-36-27(30-23)31-24-10-9-21(17-28-24)26(34)33(22-7-4-3-5-8-22)12-6-11-32-13-15-35-16-14-32/h3-5,7-10,17-18H,6,11-16H2,1-2H3,(H,28,30,31). The Hall–Kier alpha value is -3.18. The molecule has 1 aliphatic rings. The predicted octanol–water partition coefficient (Wildman–Crippen LogP) is 5.39. The fourth-order valence-corrected chi connectivity index (χ4v) is 5.96. The number of hydrogen-bond donors (Lipinski definition) is 1. The Morgan fingerprint density at radius 2 is 1.92 bits per heavy atom. The summed E-state index contributed by atoms with van der Waals surface area (Å²) in [5.74, 6) is 0.591. The van der Waals surface area contributed by atoms with E-state index in [1.54, 1.807) is 17.5 Å². The summed E-state index contributed by atoms with van der Waals surface area (Å²) in [5.41, 5.74) is 3.35. The molecule has 8 nitrogen and oxygen atoms in total. The van der Waals surface area contributed by atoms with Crippen molar-refractivity contribution in [3.63, 3.8) is 0 Å². The fourth-order valence-electron chi connectivity index (χ4n) is 4.30. The largest absolute Gasteiger partial charge is 0.379 e. The molecule has 4 heterocycles. The number of ether oxygens (including phenoxy) is 1. The number of carbonyl (C=O) groups excluding carboxylic acids is 1. The third kappa shape index (κ3) is 6.40. The van der Waals surface area contributed by atoms with E-state index < -0.39 is 0 Å². The Balaban J connectivity index is 1.25. The first kappa shape index (κ1) is 25.5. The van der Waals surface area contributed by atoms with Gasteiger partial charge in [-0.3, -0.25) is 9.69 Å². The molecule has 1 aromatic carbocycles. The molecule has 3 aromatic heterocycles. The van der Waals surface area contributed by atoms with Gasteiger partial charge in [0, 0.05) is 43.4 Å². The molecule has 1 amide bonds. The number of aryl methyl sites for hydroxylation is 2. The number of para-hydroxylation sites is 1. The van der Waals surface area contributed by atoms with Gasteiger partial charge in [0.05, 0.1) is 40.0 Å². The Labute approximate surface area is 225 Å². The lowest BCUT2D eigenvalue weighted by Crippen LogP contribution is -2.39. The molecule has 1 aliphatic heterocycles. The van der Waals surface area contributed by atoms with Gasteiger partial charge in [0.25, 0.3) is 5.91 Å². The molecule has 10 heteroatoms. The number of aromatic nitrogens is 3. The first-order valence-electron chi connectivity index (χ1n) is 12.4. The predicted molar refractivity (Wildman–Crippen MR) is 150 cm³/mol. The molecule has 37 heavy (non-hydrogen) atoms. The zero-order valence-electron chi connectivity index (χ0n) is 21.0. The summed E-state index contributed by atoms with van der Waals surface area (Å²) in [6.45, 7) is 9.03. The molecule has 4 aromatic rings. The maximum absolute atomic E-state index is 13.5. The van der Waals surface area contributed by atoms with E-state index in [-0.39, 0.29) is 5.91 Å². The minimum Gasteiger partial charge on any atom is -0.379 e. The number of benzene rings is 1. The highest BCUT2D eigenvalue weighted by atomic mass is 32.1. The average molecular weight is 535 g/mol. The van der Waals surface area contributed by atoms with Gasteiger partial charge in [0.1, 0.15) is 5.82 Å². The van der Waals surface area contributed by atoms with Crippen molar-refractivity contribution in [2.45, 2.75) is 20.3 Å². The molecule has 1 N–H and O–H groups in total. The van der Waals surface area contributed by atoms with Crippen molar-refractivity contribution in [2.24, 2.45) is 0 Å². The SMILES string of the molecule is Cc1nc(C)c(-c2csc(Nc3ccc(C(=O)N(CCCN4CCOCC4)c4ccccc4)cn3)n2)s1. The minimum absolute atomic E-state index is 0.0557. The van der Waals surface area contributed by atoms with Crippen LogP contribution < -0.4 is 10.2 Å². The van der Waals surface area contributed by atoms with Gasteiger partial charge in [0.2, 0.25) is 0 Å². The van der Waals surface area contributed by atoms with Crippen LogP contribution >= 0.6 is 22.7 Å². The minimum atomic E-state index is -0.0557. The van der Waals surface area contributed by atoms with E-state index in [0.29, 0.717) is 17.9 Å². The second-order valence-electron chi connectivity index (χ2n) is 8.84. The molecule has 0 bridgehead atoms. The topological polar surface area (TPSA) is 83.5 Å². The number of thiazole rings is 2. The van der Waals surface area contributed by atoms with Crippen molar-refractivity contribution >= 4 is 45.2 Å². The highest BCUT2D eigenvalue weighted by Gasteiger charge is 2.19. The van der Waals surface area contributed by atoms with Crippen LogP contribution in [-0.2, 0) is 4.74 Å². The third-order valence-electron chi connectivity index (χ3n) is 6.16. The van der Waals surface area contributed by atoms with Gasteiger partial charge in [0.15, 0.2) is 5.13 Å². The van der Waals surface area contributed by atoms with Crippen molar-refractivity contribution in [1.82, 2.24) is 19.9 Å². The van der Waals surface area contributed by atoms with Crippen LogP contribution in [0, 0.1) is 13.8 Å². The number of hydrogen-bond acceptors (Lipinski definition) is 9. The fraction of sp³-hybridized carbons (Fsp3) is 0.333. The molecular weight excluding hydrogens is 504 g/mol. The molecule has 0 aliphatic carbocycles. The third-order valence-corrected chi connectivity index (χ3v) is 8.01. The number of rotatable bonds is 9. The van der Waals surface area contributed by atoms with Crippen LogP contribution in [0.15, 0.2) is 54.0 Å². The maximum atomic E-state index is 13.5. The van der Waals surface area contributed by atoms with Gasteiger partial charge < -0.3 is 15.0 Å². The molecule has 0 atom stereocenters. The number of pyridine rings is 1. The number of nitrogens with one attached hydrogen (secondary N) is 1. The van der Waals surface area contributed by atoms with Crippen molar-refractivity contribution in [3.05, 3.63) is 70.3 Å². The highest BCUT2D eigenvalue weighted by molar-refractivity contribution is 7.16. The lowest BCUT2D eigenvalue weighted by molar-refractivity contribution is 0.0376. The smallest absolute Gasteiger partial charge is 0.259 e. The number of nitrogens with zero attached hydrogens (tertiary/aromatic N) is 5. The van der Waals surface area contributed by atoms with E-state index in [4.69, 9.17) is 9.72 Å². The van der Waals surface area contributed by atoms with Crippen LogP contribution in [0.2, 0.25) is 0 Å². The van der Waals surface area contributed by atoms with Gasteiger partial charge in [-0.25, -0.2) is 15.0 Å². The lowest BCUT2D eigenvalue weighted by Gasteiger charge is -2.28. The van der Waals surface area contributed by atoms with Gasteiger partial charge in [-0.15, -0.1) is 22.7 Å². The van der Waals surface area contributed by atoms with E-state index in [2.05, 4.69) is 20.2 Å². The molecule has 0 spiro atoms. The van der Waals surface area contributed by atoms with Crippen LogP contribution in [0.3, 0.4) is 0 Å². The quantitative estimate of drug-likeness (QED) is 0.308. The Morgan fingerprint density at radius 3 is 2.62 bits per heavy atom. The van der Waals surface area contributed by atoms with Crippen molar-refractivity contribution in [1.29, 1.82) is 0 Å². The van der Waals surface area contributed by atoms with E-state index in [9.17, 15) is 4.79 Å².